The van der Waals surface area contributed by atoms with E-state index in [-0.39, 0.29) is 28.7 Å². The summed E-state index contributed by atoms with van der Waals surface area (Å²) < 4.78 is 0. The second-order valence-electron chi connectivity index (χ2n) is 11.5. The van der Waals surface area contributed by atoms with Gasteiger partial charge in [-0.05, 0) is 98.8 Å². The highest BCUT2D eigenvalue weighted by Gasteiger charge is 2.60. The molecule has 2 N–H and O–H groups in total. The van der Waals surface area contributed by atoms with Crippen molar-refractivity contribution in [1.29, 1.82) is 0 Å². The summed E-state index contributed by atoms with van der Waals surface area (Å²) in [7, 11) is 0. The molecule has 3 saturated carbocycles. The molecule has 1 heterocycles. The molecule has 4 heteroatoms. The van der Waals surface area contributed by atoms with Crippen molar-refractivity contribution in [3.8, 4) is 0 Å². The van der Waals surface area contributed by atoms with E-state index < -0.39 is 0 Å². The van der Waals surface area contributed by atoms with Crippen LogP contribution in [0.15, 0.2) is 30.4 Å². The SMILES string of the molecule is CCNc1cc(CC)ccc1C(=O)C1CC[C@H]2[C@@H]3CCC4NC(=O)C=C[C@]4(C)[C@@H]3CC[C@]12C. The van der Waals surface area contributed by atoms with Crippen LogP contribution in [-0.2, 0) is 11.2 Å². The van der Waals surface area contributed by atoms with Gasteiger partial charge in [-0.25, -0.2) is 0 Å². The quantitative estimate of drug-likeness (QED) is 0.562. The molecular formula is C29H40N2O2. The highest BCUT2D eigenvalue weighted by molar-refractivity contribution is 6.03. The second kappa shape index (κ2) is 8.29. The summed E-state index contributed by atoms with van der Waals surface area (Å²) in [5, 5.41) is 6.71. The van der Waals surface area contributed by atoms with Crippen LogP contribution >= 0.6 is 0 Å². The Morgan fingerprint density at radius 1 is 1.09 bits per heavy atom. The van der Waals surface area contributed by atoms with Gasteiger partial charge in [-0.15, -0.1) is 0 Å². The second-order valence-corrected chi connectivity index (χ2v) is 11.5. The summed E-state index contributed by atoms with van der Waals surface area (Å²) in [5.74, 6) is 2.38. The van der Waals surface area contributed by atoms with Crippen LogP contribution < -0.4 is 10.6 Å². The third-order valence-corrected chi connectivity index (χ3v) is 10.1. The van der Waals surface area contributed by atoms with Crippen LogP contribution in [0.4, 0.5) is 5.69 Å². The van der Waals surface area contributed by atoms with E-state index in [4.69, 9.17) is 0 Å². The molecule has 3 fully saturated rings. The van der Waals surface area contributed by atoms with Crippen molar-refractivity contribution in [2.75, 3.05) is 11.9 Å². The molecule has 3 aliphatic carbocycles. The molecule has 2 unspecified atom stereocenters. The number of Topliss-reactive ketones (excluding diaryl/α,β-unsaturated/α-hetero) is 1. The van der Waals surface area contributed by atoms with Crippen LogP contribution in [0.3, 0.4) is 0 Å². The number of amides is 1. The Morgan fingerprint density at radius 2 is 1.91 bits per heavy atom. The monoisotopic (exact) mass is 448 g/mol. The lowest BCUT2D eigenvalue weighted by molar-refractivity contribution is -0.122. The van der Waals surface area contributed by atoms with E-state index in [1.54, 1.807) is 6.08 Å². The van der Waals surface area contributed by atoms with Gasteiger partial charge in [0.15, 0.2) is 5.78 Å². The number of anilines is 1. The van der Waals surface area contributed by atoms with E-state index in [1.807, 2.05) is 0 Å². The standard InChI is InChI=1S/C29H40N2O2/c1-5-18-7-8-20(24(17-18)30-6-2)27(33)23-11-10-21-19-9-12-25-29(4,16-14-26(32)31-25)22(19)13-15-28(21,23)3/h7-8,14,16-17,19,21-23,25,30H,5-6,9-13,15H2,1-4H3,(H,31,32)/t19-,21-,22+,23?,25?,28-,29+/m0/s1. The molecular weight excluding hydrogens is 408 g/mol. The Kier molecular flexibility index (Phi) is 5.69. The van der Waals surface area contributed by atoms with E-state index in [9.17, 15) is 9.59 Å². The van der Waals surface area contributed by atoms with Gasteiger partial charge in [0.05, 0.1) is 0 Å². The number of hydrogen-bond donors (Lipinski definition) is 2. The zero-order valence-electron chi connectivity index (χ0n) is 20.7. The van der Waals surface area contributed by atoms with E-state index >= 15 is 0 Å². The molecule has 0 bridgehead atoms. The van der Waals surface area contributed by atoms with E-state index in [0.29, 0.717) is 23.5 Å². The van der Waals surface area contributed by atoms with Gasteiger partial charge in [0.1, 0.15) is 0 Å². The fourth-order valence-electron chi connectivity index (χ4n) is 8.31. The van der Waals surface area contributed by atoms with Crippen molar-refractivity contribution in [3.63, 3.8) is 0 Å². The fourth-order valence-corrected chi connectivity index (χ4v) is 8.31. The Labute approximate surface area is 199 Å². The number of aryl methyl sites for hydroxylation is 1. The van der Waals surface area contributed by atoms with Crippen LogP contribution in [0.1, 0.15) is 82.1 Å². The van der Waals surface area contributed by atoms with E-state index in [1.165, 1.54) is 12.0 Å². The molecule has 0 aromatic heterocycles. The Hall–Kier alpha value is -2.10. The zero-order valence-corrected chi connectivity index (χ0v) is 20.7. The average Bonchev–Trinajstić information content (AvgIpc) is 3.16. The lowest BCUT2D eigenvalue weighted by Crippen LogP contribution is -2.59. The first kappa shape index (κ1) is 22.7. The van der Waals surface area contributed by atoms with Gasteiger partial charge in [0.25, 0.3) is 0 Å². The first-order valence-corrected chi connectivity index (χ1v) is 13.2. The van der Waals surface area contributed by atoms with E-state index in [2.05, 4.69) is 62.6 Å². The number of nitrogens with one attached hydrogen (secondary N) is 2. The summed E-state index contributed by atoms with van der Waals surface area (Å²) in [6, 6.07) is 6.64. The van der Waals surface area contributed by atoms with Crippen LogP contribution in [0.2, 0.25) is 0 Å². The number of hydrogen-bond acceptors (Lipinski definition) is 3. The molecule has 0 radical (unpaired) electrons. The largest absolute Gasteiger partial charge is 0.385 e. The summed E-state index contributed by atoms with van der Waals surface area (Å²) in [4.78, 5) is 26.0. The molecule has 7 atom stereocenters. The number of benzene rings is 1. The van der Waals surface area contributed by atoms with Crippen molar-refractivity contribution in [2.45, 2.75) is 78.7 Å². The minimum absolute atomic E-state index is 0.0501. The topological polar surface area (TPSA) is 58.2 Å². The number of rotatable bonds is 5. The lowest BCUT2D eigenvalue weighted by atomic mass is 9.47. The predicted octanol–water partition coefficient (Wildman–Crippen LogP) is 5.78. The summed E-state index contributed by atoms with van der Waals surface area (Å²) in [6.45, 7) is 9.87. The van der Waals surface area contributed by atoms with Gasteiger partial charge in [0.2, 0.25) is 5.91 Å². The molecule has 1 aromatic rings. The Bertz CT molecular complexity index is 984. The van der Waals surface area contributed by atoms with Gasteiger partial charge in [-0.3, -0.25) is 9.59 Å². The van der Waals surface area contributed by atoms with Gasteiger partial charge < -0.3 is 10.6 Å². The third kappa shape index (κ3) is 3.47. The van der Waals surface area contributed by atoms with Crippen LogP contribution in [0.5, 0.6) is 0 Å². The van der Waals surface area contributed by atoms with Crippen molar-refractivity contribution in [2.24, 2.45) is 34.5 Å². The molecule has 0 spiro atoms. The molecule has 4 nitrogen and oxygen atoms in total. The Balaban J connectivity index is 1.42. The summed E-state index contributed by atoms with van der Waals surface area (Å²) in [5.41, 5.74) is 3.30. The van der Waals surface area contributed by atoms with E-state index in [0.717, 1.165) is 56.3 Å². The predicted molar refractivity (Wildman–Crippen MR) is 133 cm³/mol. The van der Waals surface area contributed by atoms with Crippen molar-refractivity contribution >= 4 is 17.4 Å². The first-order valence-electron chi connectivity index (χ1n) is 13.2. The van der Waals surface area contributed by atoms with Crippen LogP contribution in [0.25, 0.3) is 0 Å². The Morgan fingerprint density at radius 3 is 2.67 bits per heavy atom. The molecule has 1 amide bonds. The first-order chi connectivity index (χ1) is 15.8. The van der Waals surface area contributed by atoms with Gasteiger partial charge in [-0.2, -0.15) is 0 Å². The molecule has 1 aliphatic heterocycles. The van der Waals surface area contributed by atoms with Crippen LogP contribution in [0, 0.1) is 34.5 Å². The maximum atomic E-state index is 14.0. The maximum absolute atomic E-state index is 14.0. The lowest BCUT2D eigenvalue weighted by Gasteiger charge is -2.58. The smallest absolute Gasteiger partial charge is 0.243 e. The molecule has 4 aliphatic rings. The maximum Gasteiger partial charge on any atom is 0.243 e. The molecule has 0 saturated heterocycles. The average molecular weight is 449 g/mol. The number of ketones is 1. The zero-order chi connectivity index (χ0) is 23.4. The van der Waals surface area contributed by atoms with Crippen molar-refractivity contribution in [3.05, 3.63) is 41.5 Å². The van der Waals surface area contributed by atoms with Gasteiger partial charge >= 0.3 is 0 Å². The molecule has 33 heavy (non-hydrogen) atoms. The van der Waals surface area contributed by atoms with Crippen LogP contribution in [-0.4, -0.2) is 24.3 Å². The van der Waals surface area contributed by atoms with Gasteiger partial charge in [-0.1, -0.05) is 32.9 Å². The summed E-state index contributed by atoms with van der Waals surface area (Å²) >= 11 is 0. The minimum Gasteiger partial charge on any atom is -0.385 e. The minimum atomic E-state index is 0.0501. The third-order valence-electron chi connectivity index (χ3n) is 10.1. The molecule has 1 aromatic carbocycles. The molecule has 5 rings (SSSR count). The molecule has 178 valence electrons. The highest BCUT2D eigenvalue weighted by Crippen LogP contribution is 2.65. The summed E-state index contributed by atoms with van der Waals surface area (Å²) in [6.07, 6.45) is 11.6. The van der Waals surface area contributed by atoms with Crippen molar-refractivity contribution < 1.29 is 9.59 Å². The number of fused-ring (bicyclic) bond motifs is 5. The fraction of sp³-hybridized carbons (Fsp3) is 0.655. The normalized spacial score (nSPS) is 39.3. The van der Waals surface area contributed by atoms with Gasteiger partial charge in [0, 0.05) is 35.2 Å². The number of carbonyl (C=O) groups excluding carboxylic acids is 2. The van der Waals surface area contributed by atoms with Crippen molar-refractivity contribution in [1.82, 2.24) is 5.32 Å². The highest BCUT2D eigenvalue weighted by atomic mass is 16.1. The number of carbonyl (C=O) groups is 2.